The molecule has 3 heterocycles. The van der Waals surface area contributed by atoms with Crippen molar-refractivity contribution in [2.45, 2.75) is 175 Å². The largest absolute Gasteiger partial charge is 0.392 e. The molecule has 308 valence electrons. The van der Waals surface area contributed by atoms with Crippen molar-refractivity contribution >= 4 is 35.4 Å². The number of nitrogens with one attached hydrogen (secondary N) is 2. The zero-order valence-electron chi connectivity index (χ0n) is 34.5. The van der Waals surface area contributed by atoms with Crippen molar-refractivity contribution in [1.29, 1.82) is 0 Å². The first-order valence-corrected chi connectivity index (χ1v) is 21.1. The molecule has 0 saturated carbocycles. The SMILES string of the molecule is CCCC(CCC)C(=O)N1CCC[C@@H]1C[C@@H](O)[C@H](CC(C)C)C(=O)N[C@@H](C(=O)N[C@@H](C(=O)N1CCC[C@@H]1C(=O)N1CCC[C@@H]1C(N)=O)C(C)C)[C@H](C)CC. The number of likely N-dealkylation sites (tertiary alicyclic amines) is 3. The fourth-order valence-corrected chi connectivity index (χ4v) is 8.79. The third-order valence-corrected chi connectivity index (χ3v) is 12.0. The molecule has 5 N–H and O–H groups in total. The standard InChI is InChI=1S/C41H72N6O7/c1-9-15-28(16-10-2)39(52)45-20-12-17-29(45)24-33(48)30(23-25(4)5)37(50)44-35(27(8)11-3)38(51)43-34(26(6)7)41(54)47-22-14-19-32(47)40(53)46-21-13-18-31(46)36(42)49/h25-35,48H,9-24H2,1-8H3,(H2,42,49)(H,43,51)(H,44,50)/t27-,29-,30+,31-,32-,33-,34-,35-/m1/s1. The zero-order valence-corrected chi connectivity index (χ0v) is 34.5. The van der Waals surface area contributed by atoms with Gasteiger partial charge in [-0.1, -0.05) is 74.7 Å². The van der Waals surface area contributed by atoms with Crippen LogP contribution in [-0.2, 0) is 28.8 Å². The average molecular weight is 761 g/mol. The summed E-state index contributed by atoms with van der Waals surface area (Å²) in [5.74, 6) is -3.32. The number of hydrogen-bond donors (Lipinski definition) is 4. The molecule has 54 heavy (non-hydrogen) atoms. The van der Waals surface area contributed by atoms with E-state index >= 15 is 0 Å². The molecule has 6 amide bonds. The van der Waals surface area contributed by atoms with E-state index in [2.05, 4.69) is 24.5 Å². The molecule has 0 aromatic carbocycles. The van der Waals surface area contributed by atoms with Gasteiger partial charge in [0.2, 0.25) is 35.4 Å². The van der Waals surface area contributed by atoms with Gasteiger partial charge in [0.15, 0.2) is 0 Å². The van der Waals surface area contributed by atoms with Gasteiger partial charge in [-0.05, 0) is 82.0 Å². The van der Waals surface area contributed by atoms with Gasteiger partial charge in [-0.3, -0.25) is 28.8 Å². The van der Waals surface area contributed by atoms with Crippen LogP contribution in [0.5, 0.6) is 0 Å². The highest BCUT2D eigenvalue weighted by Crippen LogP contribution is 2.30. The Bertz CT molecular complexity index is 1290. The summed E-state index contributed by atoms with van der Waals surface area (Å²) in [7, 11) is 0. The van der Waals surface area contributed by atoms with E-state index in [0.29, 0.717) is 64.6 Å². The normalized spacial score (nSPS) is 23.1. The summed E-state index contributed by atoms with van der Waals surface area (Å²) in [6, 6.07) is -3.49. The van der Waals surface area contributed by atoms with E-state index < -0.39 is 53.9 Å². The molecule has 0 aliphatic carbocycles. The van der Waals surface area contributed by atoms with E-state index in [9.17, 15) is 33.9 Å². The van der Waals surface area contributed by atoms with Crippen molar-refractivity contribution in [2.75, 3.05) is 19.6 Å². The van der Waals surface area contributed by atoms with Gasteiger partial charge in [0.1, 0.15) is 24.2 Å². The predicted molar refractivity (Wildman–Crippen MR) is 208 cm³/mol. The summed E-state index contributed by atoms with van der Waals surface area (Å²) in [5.41, 5.74) is 5.58. The number of aliphatic hydroxyl groups is 1. The molecular formula is C41H72N6O7. The van der Waals surface area contributed by atoms with Gasteiger partial charge >= 0.3 is 0 Å². The molecule has 0 radical (unpaired) electrons. The number of amides is 6. The van der Waals surface area contributed by atoms with Crippen molar-refractivity contribution < 1.29 is 33.9 Å². The molecule has 0 aromatic rings. The topological polar surface area (TPSA) is 182 Å². The fourth-order valence-electron chi connectivity index (χ4n) is 8.79. The Hall–Kier alpha value is -3.22. The molecule has 0 aromatic heterocycles. The van der Waals surface area contributed by atoms with Crippen LogP contribution in [0, 0.1) is 29.6 Å². The Labute approximate surface area is 324 Å². The maximum atomic E-state index is 14.1. The summed E-state index contributed by atoms with van der Waals surface area (Å²) in [6.07, 6.45) is 7.68. The minimum absolute atomic E-state index is 0.0278. The Morgan fingerprint density at radius 1 is 0.722 bits per heavy atom. The second-order valence-electron chi connectivity index (χ2n) is 17.0. The van der Waals surface area contributed by atoms with Crippen molar-refractivity contribution in [3.05, 3.63) is 0 Å². The van der Waals surface area contributed by atoms with Crippen LogP contribution in [0.2, 0.25) is 0 Å². The lowest BCUT2D eigenvalue weighted by molar-refractivity contribution is -0.148. The van der Waals surface area contributed by atoms with Crippen molar-refractivity contribution in [1.82, 2.24) is 25.3 Å². The minimum Gasteiger partial charge on any atom is -0.392 e. The van der Waals surface area contributed by atoms with Gasteiger partial charge in [0.05, 0.1) is 12.0 Å². The summed E-state index contributed by atoms with van der Waals surface area (Å²) in [4.78, 5) is 86.6. The molecule has 0 spiro atoms. The molecule has 3 aliphatic heterocycles. The number of hydrogen-bond acceptors (Lipinski definition) is 7. The lowest BCUT2D eigenvalue weighted by Gasteiger charge is -2.35. The Kier molecular flexibility index (Phi) is 17.7. The number of primary amides is 1. The summed E-state index contributed by atoms with van der Waals surface area (Å²) >= 11 is 0. The Balaban J connectivity index is 1.76. The van der Waals surface area contributed by atoms with Gasteiger partial charge in [-0.25, -0.2) is 0 Å². The van der Waals surface area contributed by atoms with Crippen LogP contribution in [-0.4, -0.2) is 111 Å². The lowest BCUT2D eigenvalue weighted by Crippen LogP contribution is -2.60. The molecule has 8 atom stereocenters. The molecule has 3 saturated heterocycles. The first-order chi connectivity index (χ1) is 25.6. The van der Waals surface area contributed by atoms with Gasteiger partial charge < -0.3 is 36.2 Å². The first-order valence-electron chi connectivity index (χ1n) is 21.1. The van der Waals surface area contributed by atoms with Crippen LogP contribution in [0.15, 0.2) is 0 Å². The number of carbonyl (C=O) groups excluding carboxylic acids is 6. The molecule has 0 bridgehead atoms. The molecule has 13 nitrogen and oxygen atoms in total. The van der Waals surface area contributed by atoms with Crippen LogP contribution in [0.4, 0.5) is 0 Å². The van der Waals surface area contributed by atoms with E-state index in [1.54, 1.807) is 0 Å². The molecule has 3 fully saturated rings. The predicted octanol–water partition coefficient (Wildman–Crippen LogP) is 3.75. The van der Waals surface area contributed by atoms with E-state index in [-0.39, 0.29) is 47.4 Å². The Morgan fingerprint density at radius 3 is 1.83 bits per heavy atom. The first kappa shape index (κ1) is 45.2. The van der Waals surface area contributed by atoms with Gasteiger partial charge in [0.25, 0.3) is 0 Å². The minimum atomic E-state index is -1.01. The highest BCUT2D eigenvalue weighted by molar-refractivity contribution is 5.96. The monoisotopic (exact) mass is 761 g/mol. The van der Waals surface area contributed by atoms with Gasteiger partial charge in [-0.15, -0.1) is 0 Å². The van der Waals surface area contributed by atoms with Crippen molar-refractivity contribution in [2.24, 2.45) is 35.3 Å². The third-order valence-electron chi connectivity index (χ3n) is 12.0. The van der Waals surface area contributed by atoms with E-state index in [1.165, 1.54) is 9.80 Å². The molecule has 13 heteroatoms. The van der Waals surface area contributed by atoms with Crippen molar-refractivity contribution in [3.8, 4) is 0 Å². The quantitative estimate of drug-likeness (QED) is 0.146. The number of aliphatic hydroxyl groups excluding tert-OH is 1. The maximum Gasteiger partial charge on any atom is 0.246 e. The second-order valence-corrected chi connectivity index (χ2v) is 17.0. The number of nitrogens with zero attached hydrogens (tertiary/aromatic N) is 3. The highest BCUT2D eigenvalue weighted by Gasteiger charge is 2.44. The number of carbonyl (C=O) groups is 6. The smallest absolute Gasteiger partial charge is 0.246 e. The summed E-state index contributed by atoms with van der Waals surface area (Å²) < 4.78 is 0. The zero-order chi connectivity index (χ0) is 40.3. The summed E-state index contributed by atoms with van der Waals surface area (Å²) in [6.45, 7) is 17.0. The van der Waals surface area contributed by atoms with Crippen LogP contribution in [0.1, 0.15) is 139 Å². The Morgan fingerprint density at radius 2 is 1.28 bits per heavy atom. The van der Waals surface area contributed by atoms with E-state index in [0.717, 1.165) is 38.5 Å². The van der Waals surface area contributed by atoms with Crippen molar-refractivity contribution in [3.63, 3.8) is 0 Å². The number of rotatable bonds is 20. The molecular weight excluding hydrogens is 688 g/mol. The van der Waals surface area contributed by atoms with E-state index in [1.807, 2.05) is 46.4 Å². The average Bonchev–Trinajstić information content (AvgIpc) is 3.92. The van der Waals surface area contributed by atoms with Crippen LogP contribution in [0.3, 0.4) is 0 Å². The number of nitrogens with two attached hydrogens (primary N) is 1. The second kappa shape index (κ2) is 21.2. The molecule has 3 rings (SSSR count). The van der Waals surface area contributed by atoms with Gasteiger partial charge in [-0.2, -0.15) is 0 Å². The summed E-state index contributed by atoms with van der Waals surface area (Å²) in [5, 5.41) is 17.6. The van der Waals surface area contributed by atoms with Crippen LogP contribution >= 0.6 is 0 Å². The maximum absolute atomic E-state index is 14.1. The fraction of sp³-hybridized carbons (Fsp3) is 0.854. The van der Waals surface area contributed by atoms with Gasteiger partial charge in [0, 0.05) is 31.6 Å². The van der Waals surface area contributed by atoms with E-state index in [4.69, 9.17) is 5.73 Å². The highest BCUT2D eigenvalue weighted by atomic mass is 16.3. The van der Waals surface area contributed by atoms with Crippen LogP contribution < -0.4 is 16.4 Å². The van der Waals surface area contributed by atoms with Crippen LogP contribution in [0.25, 0.3) is 0 Å². The molecule has 0 unspecified atom stereocenters. The lowest BCUT2D eigenvalue weighted by atomic mass is 9.86. The molecule has 3 aliphatic rings. The third kappa shape index (κ3) is 11.4.